The van der Waals surface area contributed by atoms with E-state index in [1.54, 1.807) is 6.07 Å². The van der Waals surface area contributed by atoms with Gasteiger partial charge in [0.1, 0.15) is 30.0 Å². The number of aryl methyl sites for hydroxylation is 1. The van der Waals surface area contributed by atoms with Crippen molar-refractivity contribution in [2.45, 2.75) is 68.8 Å². The molecule has 1 saturated heterocycles. The largest absolute Gasteiger partial charge is 0.494 e. The Morgan fingerprint density at radius 1 is 1.19 bits per heavy atom. The Labute approximate surface area is 255 Å². The van der Waals surface area contributed by atoms with Crippen molar-refractivity contribution >= 4 is 27.5 Å². The number of aliphatic hydroxyl groups excluding tert-OH is 3. The number of aromatic nitrogens is 3. The van der Waals surface area contributed by atoms with Crippen molar-refractivity contribution in [3.8, 4) is 17.0 Å². The molecule has 0 spiro atoms. The molecule has 1 amide bonds. The molecule has 232 valence electrons. The summed E-state index contributed by atoms with van der Waals surface area (Å²) in [5, 5.41) is 40.4. The van der Waals surface area contributed by atoms with Crippen LogP contribution in [0.3, 0.4) is 0 Å². The van der Waals surface area contributed by atoms with E-state index in [-0.39, 0.29) is 17.0 Å². The van der Waals surface area contributed by atoms with Crippen LogP contribution in [-0.4, -0.2) is 93.6 Å². The summed E-state index contributed by atoms with van der Waals surface area (Å²) in [4.78, 5) is 15.9. The van der Waals surface area contributed by atoms with Crippen LogP contribution in [0.4, 0.5) is 14.5 Å². The second-order valence-electron chi connectivity index (χ2n) is 10.8. The van der Waals surface area contributed by atoms with Crippen LogP contribution in [0.15, 0.2) is 41.0 Å². The summed E-state index contributed by atoms with van der Waals surface area (Å²) in [5.41, 5.74) is 1.72. The topological polar surface area (TPSA) is 139 Å². The van der Waals surface area contributed by atoms with Crippen LogP contribution in [0, 0.1) is 18.6 Å². The van der Waals surface area contributed by atoms with E-state index >= 15 is 0 Å². The summed E-state index contributed by atoms with van der Waals surface area (Å²) in [6.45, 7) is 1.26. The highest BCUT2D eigenvalue weighted by atomic mass is 79.9. The predicted octanol–water partition coefficient (Wildman–Crippen LogP) is 2.93. The standard InChI is InChI=1S/C29H33BrF2N4O7/c1-14-7-16(30)11-17(8-14)36(20-5-4-6-21(20)38)29(40)28-27(42-3)25(26(39)23(13-37)43-28)35-12-19(33-34-35)15-9-18(31)24(32)22(10-15)41-2/h7-12,20-21,23,25-28,37-39H,4-6,13H2,1-3H3/t20-,21-,23?,25?,26?,27?,28?/m0/s1. The van der Waals surface area contributed by atoms with Gasteiger partial charge in [-0.25, -0.2) is 9.07 Å². The molecule has 2 fully saturated rings. The molecule has 1 saturated carbocycles. The number of aliphatic hydroxyl groups is 3. The highest BCUT2D eigenvalue weighted by molar-refractivity contribution is 9.10. The molecular formula is C29H33BrF2N4O7. The Morgan fingerprint density at radius 2 is 1.95 bits per heavy atom. The number of rotatable bonds is 8. The Bertz CT molecular complexity index is 1460. The van der Waals surface area contributed by atoms with Crippen LogP contribution in [0.2, 0.25) is 0 Å². The number of carbonyl (C=O) groups is 1. The van der Waals surface area contributed by atoms with Crippen molar-refractivity contribution in [2.75, 3.05) is 25.7 Å². The summed E-state index contributed by atoms with van der Waals surface area (Å²) in [5.74, 6) is -3.15. The Morgan fingerprint density at radius 3 is 2.58 bits per heavy atom. The summed E-state index contributed by atoms with van der Waals surface area (Å²) in [6, 6.07) is 6.07. The molecule has 2 heterocycles. The normalized spacial score (nSPS) is 27.3. The molecule has 2 aliphatic rings. The van der Waals surface area contributed by atoms with Gasteiger partial charge in [-0.05, 0) is 62.1 Å². The number of ether oxygens (including phenoxy) is 3. The first-order chi connectivity index (χ1) is 20.6. The second-order valence-corrected chi connectivity index (χ2v) is 11.7. The number of carbonyl (C=O) groups excluding carboxylic acids is 1. The molecular weight excluding hydrogens is 634 g/mol. The van der Waals surface area contributed by atoms with Gasteiger partial charge in [0.15, 0.2) is 17.7 Å². The maximum absolute atomic E-state index is 14.4. The van der Waals surface area contributed by atoms with Crippen LogP contribution in [0.5, 0.6) is 5.75 Å². The van der Waals surface area contributed by atoms with Gasteiger partial charge >= 0.3 is 0 Å². The van der Waals surface area contributed by atoms with Gasteiger partial charge in [0.2, 0.25) is 5.82 Å². The van der Waals surface area contributed by atoms with Gasteiger partial charge in [-0.3, -0.25) is 4.79 Å². The smallest absolute Gasteiger partial charge is 0.259 e. The number of halogens is 3. The van der Waals surface area contributed by atoms with Crippen molar-refractivity contribution in [3.05, 3.63) is 58.2 Å². The zero-order valence-electron chi connectivity index (χ0n) is 23.7. The van der Waals surface area contributed by atoms with E-state index in [4.69, 9.17) is 14.2 Å². The number of hydrogen-bond acceptors (Lipinski definition) is 9. The first-order valence-electron chi connectivity index (χ1n) is 13.8. The monoisotopic (exact) mass is 666 g/mol. The lowest BCUT2D eigenvalue weighted by Gasteiger charge is -2.45. The molecule has 7 atom stereocenters. The number of nitrogens with zero attached hydrogens (tertiary/aromatic N) is 4. The van der Waals surface area contributed by atoms with Crippen molar-refractivity contribution < 1.29 is 43.1 Å². The maximum atomic E-state index is 14.4. The number of benzene rings is 2. The van der Waals surface area contributed by atoms with Gasteiger partial charge in [-0.15, -0.1) is 5.10 Å². The van der Waals surface area contributed by atoms with E-state index in [0.717, 1.165) is 22.5 Å². The lowest BCUT2D eigenvalue weighted by atomic mass is 9.91. The van der Waals surface area contributed by atoms with Crippen LogP contribution in [-0.2, 0) is 14.3 Å². The Kier molecular flexibility index (Phi) is 9.44. The number of hydrogen-bond donors (Lipinski definition) is 3. The molecule has 43 heavy (non-hydrogen) atoms. The second kappa shape index (κ2) is 12.9. The first kappa shape index (κ1) is 31.4. The van der Waals surface area contributed by atoms with Crippen LogP contribution >= 0.6 is 15.9 Å². The first-order valence-corrected chi connectivity index (χ1v) is 14.6. The van der Waals surface area contributed by atoms with Crippen LogP contribution < -0.4 is 9.64 Å². The zero-order chi connectivity index (χ0) is 31.0. The summed E-state index contributed by atoms with van der Waals surface area (Å²) in [7, 11) is 2.55. The van der Waals surface area contributed by atoms with Crippen molar-refractivity contribution in [2.24, 2.45) is 0 Å². The van der Waals surface area contributed by atoms with Gasteiger partial charge in [0.25, 0.3) is 5.91 Å². The molecule has 3 aromatic rings. The van der Waals surface area contributed by atoms with Gasteiger partial charge in [-0.1, -0.05) is 21.1 Å². The van der Waals surface area contributed by atoms with E-state index in [9.17, 15) is 28.9 Å². The van der Waals surface area contributed by atoms with E-state index in [2.05, 4.69) is 26.2 Å². The van der Waals surface area contributed by atoms with Crippen molar-refractivity contribution in [1.29, 1.82) is 0 Å². The molecule has 0 bridgehead atoms. The SMILES string of the molecule is COc1cc(-c2cn(C3C(O)C(CO)OC(C(=O)N(c4cc(C)cc(Br)c4)[C@H]4CCC[C@@H]4O)C3OC)nn2)cc(F)c1F. The molecule has 5 rings (SSSR count). The van der Waals surface area contributed by atoms with E-state index in [0.29, 0.717) is 18.5 Å². The van der Waals surface area contributed by atoms with Gasteiger partial charge in [0, 0.05) is 22.8 Å². The molecule has 1 aliphatic carbocycles. The summed E-state index contributed by atoms with van der Waals surface area (Å²) in [6.07, 6.45) is -2.64. The molecule has 14 heteroatoms. The van der Waals surface area contributed by atoms with E-state index in [1.807, 2.05) is 19.1 Å². The summed E-state index contributed by atoms with van der Waals surface area (Å²) >= 11 is 3.49. The fraction of sp³-hybridized carbons (Fsp3) is 0.483. The zero-order valence-corrected chi connectivity index (χ0v) is 25.3. The third-order valence-electron chi connectivity index (χ3n) is 8.03. The van der Waals surface area contributed by atoms with Crippen molar-refractivity contribution in [1.82, 2.24) is 15.0 Å². The van der Waals surface area contributed by atoms with Crippen LogP contribution in [0.1, 0.15) is 30.9 Å². The number of methoxy groups -OCH3 is 2. The highest BCUT2D eigenvalue weighted by Gasteiger charge is 2.52. The molecule has 0 radical (unpaired) electrons. The molecule has 3 N–H and O–H groups in total. The Hall–Kier alpha value is -3.01. The number of amides is 1. The van der Waals surface area contributed by atoms with E-state index in [1.165, 1.54) is 36.1 Å². The lowest BCUT2D eigenvalue weighted by Crippen LogP contribution is -2.62. The molecule has 2 aromatic carbocycles. The fourth-order valence-electron chi connectivity index (χ4n) is 5.97. The van der Waals surface area contributed by atoms with E-state index < -0.39 is 66.8 Å². The molecule has 1 aliphatic heterocycles. The molecule has 11 nitrogen and oxygen atoms in total. The average molecular weight is 668 g/mol. The average Bonchev–Trinajstić information content (AvgIpc) is 3.63. The molecule has 1 aromatic heterocycles. The lowest BCUT2D eigenvalue weighted by molar-refractivity contribution is -0.211. The van der Waals surface area contributed by atoms with Crippen molar-refractivity contribution in [3.63, 3.8) is 0 Å². The predicted molar refractivity (Wildman–Crippen MR) is 154 cm³/mol. The summed E-state index contributed by atoms with van der Waals surface area (Å²) < 4.78 is 46.9. The minimum absolute atomic E-state index is 0.134. The quantitative estimate of drug-likeness (QED) is 0.331. The number of anilines is 1. The minimum Gasteiger partial charge on any atom is -0.494 e. The maximum Gasteiger partial charge on any atom is 0.259 e. The third kappa shape index (κ3) is 6.04. The van der Waals surface area contributed by atoms with Gasteiger partial charge in [-0.2, -0.15) is 4.39 Å². The third-order valence-corrected chi connectivity index (χ3v) is 8.48. The van der Waals surface area contributed by atoms with Crippen LogP contribution in [0.25, 0.3) is 11.3 Å². The van der Waals surface area contributed by atoms with Gasteiger partial charge in [0.05, 0.1) is 32.1 Å². The van der Waals surface area contributed by atoms with Gasteiger partial charge < -0.3 is 34.4 Å². The molecule has 5 unspecified atom stereocenters. The Balaban J connectivity index is 1.54. The highest BCUT2D eigenvalue weighted by Crippen LogP contribution is 2.38. The fourth-order valence-corrected chi connectivity index (χ4v) is 6.57. The minimum atomic E-state index is -1.40.